The quantitative estimate of drug-likeness (QED) is 0.756. The van der Waals surface area contributed by atoms with E-state index in [-0.39, 0.29) is 12.0 Å². The Balaban J connectivity index is 1.37. The Morgan fingerprint density at radius 2 is 2.07 bits per heavy atom. The molecule has 0 saturated heterocycles. The van der Waals surface area contributed by atoms with Gasteiger partial charge in [-0.15, -0.1) is 0 Å². The Bertz CT molecular complexity index is 943. The second-order valence-corrected chi connectivity index (χ2v) is 6.30. The Hall–Kier alpha value is -3.41. The lowest BCUT2D eigenvalue weighted by molar-refractivity contribution is 0.0933. The van der Waals surface area contributed by atoms with Crippen LogP contribution in [0.2, 0.25) is 0 Å². The molecule has 3 aromatic rings. The van der Waals surface area contributed by atoms with Crippen LogP contribution in [0.1, 0.15) is 15.9 Å². The number of methoxy groups -OCH3 is 1. The van der Waals surface area contributed by atoms with E-state index in [2.05, 4.69) is 21.4 Å². The molecule has 0 fully saturated rings. The predicted molar refractivity (Wildman–Crippen MR) is 101 cm³/mol. The minimum absolute atomic E-state index is 0.0840. The van der Waals surface area contributed by atoms with Gasteiger partial charge in [0.25, 0.3) is 5.91 Å². The van der Waals surface area contributed by atoms with Gasteiger partial charge in [0.05, 0.1) is 25.5 Å². The zero-order chi connectivity index (χ0) is 18.6. The van der Waals surface area contributed by atoms with Gasteiger partial charge in [-0.2, -0.15) is 0 Å². The Morgan fingerprint density at radius 1 is 1.22 bits per heavy atom. The first-order valence-corrected chi connectivity index (χ1v) is 8.71. The first kappa shape index (κ1) is 17.0. The summed E-state index contributed by atoms with van der Waals surface area (Å²) in [5.74, 6) is 1.45. The molecule has 4 rings (SSSR count). The average Bonchev–Trinajstić information content (AvgIpc) is 3.15. The average molecular weight is 361 g/mol. The molecule has 6 heteroatoms. The highest BCUT2D eigenvalue weighted by Gasteiger charge is 2.24. The predicted octanol–water partition coefficient (Wildman–Crippen LogP) is 2.89. The van der Waals surface area contributed by atoms with Crippen molar-refractivity contribution in [3.63, 3.8) is 0 Å². The van der Waals surface area contributed by atoms with Crippen molar-refractivity contribution in [1.29, 1.82) is 0 Å². The van der Waals surface area contributed by atoms with E-state index in [4.69, 9.17) is 9.47 Å². The lowest BCUT2D eigenvalue weighted by Gasteiger charge is -2.12. The standard InChI is InChI=1S/C21H19N3O3/c1-26-17-5-2-14(3-6-17)21(25)24-12-18-11-16-10-15(4-7-20(16)27-18)19-13-22-8-9-23-19/h2-10,13,18H,11-12H2,1H3,(H,24,25)/t18-/m1/s1. The first-order valence-electron chi connectivity index (χ1n) is 8.71. The third-order valence-electron chi connectivity index (χ3n) is 4.50. The van der Waals surface area contributed by atoms with Crippen molar-refractivity contribution in [2.45, 2.75) is 12.5 Å². The van der Waals surface area contributed by atoms with Gasteiger partial charge in [0, 0.05) is 29.9 Å². The van der Waals surface area contributed by atoms with Gasteiger partial charge in [-0.25, -0.2) is 0 Å². The third-order valence-corrected chi connectivity index (χ3v) is 4.50. The lowest BCUT2D eigenvalue weighted by Crippen LogP contribution is -2.34. The molecule has 27 heavy (non-hydrogen) atoms. The fourth-order valence-corrected chi connectivity index (χ4v) is 3.09. The topological polar surface area (TPSA) is 73.3 Å². The van der Waals surface area contributed by atoms with Gasteiger partial charge in [0.15, 0.2) is 0 Å². The smallest absolute Gasteiger partial charge is 0.251 e. The van der Waals surface area contributed by atoms with E-state index in [1.165, 1.54) is 0 Å². The van der Waals surface area contributed by atoms with Crippen molar-refractivity contribution in [3.05, 3.63) is 72.2 Å². The normalized spacial score (nSPS) is 14.9. The van der Waals surface area contributed by atoms with Crippen LogP contribution in [-0.4, -0.2) is 35.6 Å². The minimum Gasteiger partial charge on any atom is -0.497 e. The number of rotatable bonds is 5. The number of hydrogen-bond acceptors (Lipinski definition) is 5. The summed E-state index contributed by atoms with van der Waals surface area (Å²) in [6, 6.07) is 13.0. The van der Waals surface area contributed by atoms with E-state index in [0.29, 0.717) is 12.1 Å². The van der Waals surface area contributed by atoms with Crippen LogP contribution in [0.4, 0.5) is 0 Å². The zero-order valence-corrected chi connectivity index (χ0v) is 14.9. The largest absolute Gasteiger partial charge is 0.497 e. The first-order chi connectivity index (χ1) is 13.2. The van der Waals surface area contributed by atoms with E-state index in [9.17, 15) is 4.79 Å². The molecule has 0 saturated carbocycles. The molecule has 136 valence electrons. The summed E-state index contributed by atoms with van der Waals surface area (Å²) in [5, 5.41) is 2.93. The van der Waals surface area contributed by atoms with Gasteiger partial charge in [0.2, 0.25) is 0 Å². The summed E-state index contributed by atoms with van der Waals surface area (Å²) in [7, 11) is 1.60. The summed E-state index contributed by atoms with van der Waals surface area (Å²) >= 11 is 0. The van der Waals surface area contributed by atoms with E-state index in [1.807, 2.05) is 12.1 Å². The van der Waals surface area contributed by atoms with Crippen molar-refractivity contribution in [1.82, 2.24) is 15.3 Å². The van der Waals surface area contributed by atoms with Crippen LogP contribution in [0.5, 0.6) is 11.5 Å². The second-order valence-electron chi connectivity index (χ2n) is 6.30. The van der Waals surface area contributed by atoms with Gasteiger partial charge in [-0.05, 0) is 48.0 Å². The van der Waals surface area contributed by atoms with Gasteiger partial charge in [0.1, 0.15) is 17.6 Å². The second kappa shape index (κ2) is 7.45. The molecule has 0 radical (unpaired) electrons. The molecule has 0 aliphatic carbocycles. The van der Waals surface area contributed by atoms with Gasteiger partial charge in [-0.3, -0.25) is 14.8 Å². The lowest BCUT2D eigenvalue weighted by atomic mass is 10.0. The highest BCUT2D eigenvalue weighted by atomic mass is 16.5. The molecule has 1 aliphatic rings. The highest BCUT2D eigenvalue weighted by molar-refractivity contribution is 5.94. The molecule has 1 N–H and O–H groups in total. The van der Waals surface area contributed by atoms with Crippen LogP contribution in [0, 0.1) is 0 Å². The van der Waals surface area contributed by atoms with Crippen molar-refractivity contribution in [2.75, 3.05) is 13.7 Å². The van der Waals surface area contributed by atoms with Gasteiger partial charge >= 0.3 is 0 Å². The number of hydrogen-bond donors (Lipinski definition) is 1. The van der Waals surface area contributed by atoms with Crippen LogP contribution < -0.4 is 14.8 Å². The summed E-state index contributed by atoms with van der Waals surface area (Å²) in [6.45, 7) is 0.444. The van der Waals surface area contributed by atoms with Crippen LogP contribution in [-0.2, 0) is 6.42 Å². The van der Waals surface area contributed by atoms with E-state index >= 15 is 0 Å². The Kier molecular flexibility index (Phi) is 4.70. The van der Waals surface area contributed by atoms with E-state index in [0.717, 1.165) is 34.7 Å². The van der Waals surface area contributed by atoms with E-state index < -0.39 is 0 Å². The zero-order valence-electron chi connectivity index (χ0n) is 14.9. The molecule has 2 aromatic carbocycles. The maximum Gasteiger partial charge on any atom is 0.251 e. The fraction of sp³-hybridized carbons (Fsp3) is 0.190. The number of nitrogens with zero attached hydrogens (tertiary/aromatic N) is 2. The molecule has 0 unspecified atom stereocenters. The molecule has 6 nitrogen and oxygen atoms in total. The van der Waals surface area contributed by atoms with E-state index in [1.54, 1.807) is 50.0 Å². The number of carbonyl (C=O) groups is 1. The molecule has 1 amide bonds. The summed E-state index contributed by atoms with van der Waals surface area (Å²) < 4.78 is 11.1. The fourth-order valence-electron chi connectivity index (χ4n) is 3.09. The number of nitrogens with one attached hydrogen (secondary N) is 1. The third kappa shape index (κ3) is 3.74. The van der Waals surface area contributed by atoms with Gasteiger partial charge in [-0.1, -0.05) is 0 Å². The monoisotopic (exact) mass is 361 g/mol. The molecular weight excluding hydrogens is 342 g/mol. The number of ether oxygens (including phenoxy) is 2. The number of fused-ring (bicyclic) bond motifs is 1. The summed E-state index contributed by atoms with van der Waals surface area (Å²) in [6.07, 6.45) is 5.73. The Morgan fingerprint density at radius 3 is 2.81 bits per heavy atom. The highest BCUT2D eigenvalue weighted by Crippen LogP contribution is 2.32. The van der Waals surface area contributed by atoms with Gasteiger partial charge < -0.3 is 14.8 Å². The summed E-state index contributed by atoms with van der Waals surface area (Å²) in [4.78, 5) is 20.7. The molecule has 2 heterocycles. The summed E-state index contributed by atoms with van der Waals surface area (Å²) in [5.41, 5.74) is 3.54. The van der Waals surface area contributed by atoms with Crippen molar-refractivity contribution >= 4 is 5.91 Å². The van der Waals surface area contributed by atoms with Crippen molar-refractivity contribution in [2.24, 2.45) is 0 Å². The molecular formula is C21H19N3O3. The van der Waals surface area contributed by atoms with Crippen LogP contribution >= 0.6 is 0 Å². The molecule has 1 aliphatic heterocycles. The molecule has 0 bridgehead atoms. The molecule has 0 spiro atoms. The number of aromatic nitrogens is 2. The number of amides is 1. The number of benzene rings is 2. The van der Waals surface area contributed by atoms with Crippen molar-refractivity contribution in [3.8, 4) is 22.8 Å². The Labute approximate surface area is 157 Å². The van der Waals surface area contributed by atoms with Crippen LogP contribution in [0.25, 0.3) is 11.3 Å². The van der Waals surface area contributed by atoms with Crippen molar-refractivity contribution < 1.29 is 14.3 Å². The minimum atomic E-state index is -0.127. The number of carbonyl (C=O) groups excluding carboxylic acids is 1. The SMILES string of the molecule is COc1ccc(C(=O)NC[C@H]2Cc3cc(-c4cnccn4)ccc3O2)cc1. The van der Waals surface area contributed by atoms with Crippen LogP contribution in [0.3, 0.4) is 0 Å². The maximum atomic E-state index is 12.3. The molecule has 1 atom stereocenters. The molecule has 1 aromatic heterocycles. The maximum absolute atomic E-state index is 12.3. The van der Waals surface area contributed by atoms with Crippen LogP contribution in [0.15, 0.2) is 61.1 Å².